The second kappa shape index (κ2) is 4.88. The molecule has 0 fully saturated rings. The molecule has 0 saturated carbocycles. The third kappa shape index (κ3) is 2.66. The number of nitrogens with zero attached hydrogens (tertiary/aromatic N) is 1. The molecule has 0 aromatic heterocycles. The molecule has 1 aliphatic rings. The zero-order valence-electron chi connectivity index (χ0n) is 9.66. The molecule has 1 aromatic carbocycles. The minimum atomic E-state index is 0.438. The predicted molar refractivity (Wildman–Crippen MR) is 64.7 cm³/mol. The maximum Gasteiger partial charge on any atom is 0.191 e. The molecule has 1 unspecified atom stereocenters. The van der Waals surface area contributed by atoms with Gasteiger partial charge in [-0.2, -0.15) is 0 Å². The minimum absolute atomic E-state index is 0.438. The number of rotatable bonds is 3. The summed E-state index contributed by atoms with van der Waals surface area (Å²) in [6.07, 6.45) is 0. The summed E-state index contributed by atoms with van der Waals surface area (Å²) in [5, 5.41) is 6.52. The Bertz CT molecular complexity index is 390. The molecule has 4 nitrogen and oxygen atoms in total. The van der Waals surface area contributed by atoms with Crippen molar-refractivity contribution in [1.29, 1.82) is 0 Å². The van der Waals surface area contributed by atoms with Crippen LogP contribution in [0.2, 0.25) is 0 Å². The number of nitrogens with one attached hydrogen (secondary N) is 2. The number of hydrogen-bond acceptors (Lipinski definition) is 4. The van der Waals surface area contributed by atoms with Crippen LogP contribution < -0.4 is 15.4 Å². The molecule has 0 spiro atoms. The highest BCUT2D eigenvalue weighted by Crippen LogP contribution is 2.12. The SMILES string of the molecule is COc1cccc(CNC2=NCC(C)N2)c1. The maximum absolute atomic E-state index is 5.17. The van der Waals surface area contributed by atoms with Crippen molar-refractivity contribution < 1.29 is 4.74 Å². The summed E-state index contributed by atoms with van der Waals surface area (Å²) >= 11 is 0. The maximum atomic E-state index is 5.17. The fourth-order valence-electron chi connectivity index (χ4n) is 1.63. The molecule has 1 aromatic rings. The molecule has 0 bridgehead atoms. The van der Waals surface area contributed by atoms with E-state index >= 15 is 0 Å². The number of aliphatic imine (C=N–C) groups is 1. The summed E-state index contributed by atoms with van der Waals surface area (Å²) in [6, 6.07) is 8.45. The van der Waals surface area contributed by atoms with Crippen molar-refractivity contribution in [2.45, 2.75) is 19.5 Å². The lowest BCUT2D eigenvalue weighted by molar-refractivity contribution is 0.414. The first-order chi connectivity index (χ1) is 7.78. The fourth-order valence-corrected chi connectivity index (χ4v) is 1.63. The van der Waals surface area contributed by atoms with Crippen molar-refractivity contribution in [3.05, 3.63) is 29.8 Å². The molecule has 1 aliphatic heterocycles. The molecule has 0 aliphatic carbocycles. The van der Waals surface area contributed by atoms with Crippen LogP contribution in [0.1, 0.15) is 12.5 Å². The number of benzene rings is 1. The molecule has 0 amide bonds. The Kier molecular flexibility index (Phi) is 3.29. The minimum Gasteiger partial charge on any atom is -0.497 e. The molecular weight excluding hydrogens is 202 g/mol. The van der Waals surface area contributed by atoms with E-state index in [9.17, 15) is 0 Å². The average molecular weight is 219 g/mol. The van der Waals surface area contributed by atoms with Crippen LogP contribution in [0.25, 0.3) is 0 Å². The van der Waals surface area contributed by atoms with Gasteiger partial charge in [0.05, 0.1) is 13.7 Å². The first-order valence-electron chi connectivity index (χ1n) is 5.45. The van der Waals surface area contributed by atoms with E-state index < -0.39 is 0 Å². The summed E-state index contributed by atoms with van der Waals surface area (Å²) in [7, 11) is 1.68. The van der Waals surface area contributed by atoms with E-state index in [1.165, 1.54) is 5.56 Å². The number of ether oxygens (including phenoxy) is 1. The predicted octanol–water partition coefficient (Wildman–Crippen LogP) is 1.13. The van der Waals surface area contributed by atoms with Gasteiger partial charge in [0.1, 0.15) is 5.75 Å². The average Bonchev–Trinajstić information content (AvgIpc) is 2.73. The van der Waals surface area contributed by atoms with Crippen molar-refractivity contribution in [3.63, 3.8) is 0 Å². The normalized spacial score (nSPS) is 18.9. The molecule has 16 heavy (non-hydrogen) atoms. The van der Waals surface area contributed by atoms with Crippen molar-refractivity contribution >= 4 is 5.96 Å². The first-order valence-corrected chi connectivity index (χ1v) is 5.45. The summed E-state index contributed by atoms with van der Waals surface area (Å²) < 4.78 is 5.17. The van der Waals surface area contributed by atoms with Crippen molar-refractivity contribution in [2.24, 2.45) is 4.99 Å². The van der Waals surface area contributed by atoms with E-state index in [-0.39, 0.29) is 0 Å². The van der Waals surface area contributed by atoms with E-state index in [4.69, 9.17) is 4.74 Å². The molecular formula is C12H17N3O. The van der Waals surface area contributed by atoms with Crippen LogP contribution in [0.4, 0.5) is 0 Å². The Morgan fingerprint density at radius 2 is 2.44 bits per heavy atom. The van der Waals surface area contributed by atoms with Crippen molar-refractivity contribution in [2.75, 3.05) is 13.7 Å². The molecule has 86 valence electrons. The highest BCUT2D eigenvalue weighted by molar-refractivity contribution is 5.81. The lowest BCUT2D eigenvalue weighted by Crippen LogP contribution is -2.37. The highest BCUT2D eigenvalue weighted by atomic mass is 16.5. The Morgan fingerprint density at radius 3 is 3.12 bits per heavy atom. The van der Waals surface area contributed by atoms with Gasteiger partial charge in [0.15, 0.2) is 5.96 Å². The molecule has 2 N–H and O–H groups in total. The molecule has 2 rings (SSSR count). The van der Waals surface area contributed by atoms with Gasteiger partial charge in [-0.05, 0) is 24.6 Å². The zero-order chi connectivity index (χ0) is 11.4. The van der Waals surface area contributed by atoms with Crippen LogP contribution in [0.3, 0.4) is 0 Å². The van der Waals surface area contributed by atoms with Gasteiger partial charge < -0.3 is 15.4 Å². The molecule has 1 atom stereocenters. The van der Waals surface area contributed by atoms with E-state index in [1.54, 1.807) is 7.11 Å². The van der Waals surface area contributed by atoms with Gasteiger partial charge in [0.2, 0.25) is 0 Å². The quantitative estimate of drug-likeness (QED) is 0.801. The third-order valence-electron chi connectivity index (χ3n) is 2.50. The third-order valence-corrected chi connectivity index (χ3v) is 2.50. The largest absolute Gasteiger partial charge is 0.497 e. The second-order valence-electron chi connectivity index (χ2n) is 3.94. The molecule has 4 heteroatoms. The summed E-state index contributed by atoms with van der Waals surface area (Å²) in [5.74, 6) is 1.77. The number of guanidine groups is 1. The Hall–Kier alpha value is -1.71. The Balaban J connectivity index is 1.89. The van der Waals surface area contributed by atoms with Gasteiger partial charge in [0.25, 0.3) is 0 Å². The van der Waals surface area contributed by atoms with Gasteiger partial charge >= 0.3 is 0 Å². The van der Waals surface area contributed by atoms with Gasteiger partial charge in [0, 0.05) is 12.6 Å². The van der Waals surface area contributed by atoms with Gasteiger partial charge in [-0.3, -0.25) is 4.99 Å². The van der Waals surface area contributed by atoms with E-state index in [2.05, 4.69) is 28.6 Å². The molecule has 0 saturated heterocycles. The Labute approximate surface area is 95.7 Å². The fraction of sp³-hybridized carbons (Fsp3) is 0.417. The lowest BCUT2D eigenvalue weighted by atomic mass is 10.2. The molecule has 1 heterocycles. The smallest absolute Gasteiger partial charge is 0.191 e. The zero-order valence-corrected chi connectivity index (χ0v) is 9.66. The standard InChI is InChI=1S/C12H17N3O/c1-9-7-13-12(15-9)14-8-10-4-3-5-11(6-10)16-2/h3-6,9H,7-8H2,1-2H3,(H2,13,14,15). The highest BCUT2D eigenvalue weighted by Gasteiger charge is 2.11. The van der Waals surface area contributed by atoms with Crippen LogP contribution >= 0.6 is 0 Å². The summed E-state index contributed by atoms with van der Waals surface area (Å²) in [4.78, 5) is 4.34. The Morgan fingerprint density at radius 1 is 1.56 bits per heavy atom. The van der Waals surface area contributed by atoms with Gasteiger partial charge in [-0.25, -0.2) is 0 Å². The van der Waals surface area contributed by atoms with Crippen molar-refractivity contribution in [1.82, 2.24) is 10.6 Å². The second-order valence-corrected chi connectivity index (χ2v) is 3.94. The topological polar surface area (TPSA) is 45.6 Å². The number of hydrogen-bond donors (Lipinski definition) is 2. The van der Waals surface area contributed by atoms with Crippen molar-refractivity contribution in [3.8, 4) is 5.75 Å². The lowest BCUT2D eigenvalue weighted by Gasteiger charge is -2.09. The van der Waals surface area contributed by atoms with Gasteiger partial charge in [-0.1, -0.05) is 12.1 Å². The van der Waals surface area contributed by atoms with Crippen LogP contribution in [0.5, 0.6) is 5.75 Å². The first kappa shape index (κ1) is 10.8. The van der Waals surface area contributed by atoms with Crippen LogP contribution in [0.15, 0.2) is 29.3 Å². The van der Waals surface area contributed by atoms with E-state index in [0.717, 1.165) is 24.8 Å². The number of methoxy groups -OCH3 is 1. The monoisotopic (exact) mass is 219 g/mol. The van der Waals surface area contributed by atoms with Crippen LogP contribution in [0, 0.1) is 0 Å². The molecule has 0 radical (unpaired) electrons. The van der Waals surface area contributed by atoms with Crippen LogP contribution in [-0.4, -0.2) is 25.7 Å². The van der Waals surface area contributed by atoms with Crippen LogP contribution in [-0.2, 0) is 6.54 Å². The van der Waals surface area contributed by atoms with Gasteiger partial charge in [-0.15, -0.1) is 0 Å². The summed E-state index contributed by atoms with van der Waals surface area (Å²) in [5.41, 5.74) is 1.18. The summed E-state index contributed by atoms with van der Waals surface area (Å²) in [6.45, 7) is 3.72. The van der Waals surface area contributed by atoms with E-state index in [1.807, 2.05) is 18.2 Å². The van der Waals surface area contributed by atoms with E-state index in [0.29, 0.717) is 6.04 Å².